The van der Waals surface area contributed by atoms with Crippen molar-refractivity contribution in [1.29, 1.82) is 0 Å². The summed E-state index contributed by atoms with van der Waals surface area (Å²) < 4.78 is 0. The molecule has 0 amide bonds. The van der Waals surface area contributed by atoms with Crippen molar-refractivity contribution in [1.82, 2.24) is 9.88 Å². The SMILES string of the molecule is CC1CC(CN(C)Cc2cccnc2)C1. The van der Waals surface area contributed by atoms with E-state index in [2.05, 4.69) is 29.9 Å². The summed E-state index contributed by atoms with van der Waals surface area (Å²) >= 11 is 0. The largest absolute Gasteiger partial charge is 0.302 e. The average Bonchev–Trinajstić information content (AvgIpc) is 2.17. The van der Waals surface area contributed by atoms with Gasteiger partial charge in [0.2, 0.25) is 0 Å². The second-order valence-electron chi connectivity index (χ2n) is 5.00. The number of hydrogen-bond acceptors (Lipinski definition) is 2. The van der Waals surface area contributed by atoms with Crippen molar-refractivity contribution < 1.29 is 0 Å². The second kappa shape index (κ2) is 4.75. The maximum absolute atomic E-state index is 4.14. The van der Waals surface area contributed by atoms with Gasteiger partial charge in [-0.15, -0.1) is 0 Å². The molecule has 1 aromatic rings. The Morgan fingerprint density at radius 2 is 2.27 bits per heavy atom. The van der Waals surface area contributed by atoms with Crippen molar-refractivity contribution in [3.8, 4) is 0 Å². The van der Waals surface area contributed by atoms with Crippen LogP contribution in [0.3, 0.4) is 0 Å². The van der Waals surface area contributed by atoms with Crippen LogP contribution in [0, 0.1) is 11.8 Å². The third-order valence-corrected chi connectivity index (χ3v) is 3.22. The van der Waals surface area contributed by atoms with Crippen LogP contribution in [-0.2, 0) is 6.54 Å². The van der Waals surface area contributed by atoms with Gasteiger partial charge in [-0.2, -0.15) is 0 Å². The van der Waals surface area contributed by atoms with Crippen LogP contribution in [0.2, 0.25) is 0 Å². The smallest absolute Gasteiger partial charge is 0.0312 e. The highest BCUT2D eigenvalue weighted by Gasteiger charge is 2.25. The summed E-state index contributed by atoms with van der Waals surface area (Å²) in [6, 6.07) is 4.15. The third kappa shape index (κ3) is 3.03. The Kier molecular flexibility index (Phi) is 3.37. The fourth-order valence-corrected chi connectivity index (χ4v) is 2.53. The lowest BCUT2D eigenvalue weighted by Crippen LogP contribution is -2.32. The Hall–Kier alpha value is -0.890. The van der Waals surface area contributed by atoms with E-state index in [1.54, 1.807) is 0 Å². The van der Waals surface area contributed by atoms with Crippen LogP contribution in [-0.4, -0.2) is 23.5 Å². The summed E-state index contributed by atoms with van der Waals surface area (Å²) in [4.78, 5) is 6.55. The fraction of sp³-hybridized carbons (Fsp3) is 0.615. The van der Waals surface area contributed by atoms with Crippen LogP contribution in [0.1, 0.15) is 25.3 Å². The highest BCUT2D eigenvalue weighted by molar-refractivity contribution is 5.07. The van der Waals surface area contributed by atoms with E-state index in [1.807, 2.05) is 18.5 Å². The third-order valence-electron chi connectivity index (χ3n) is 3.22. The quantitative estimate of drug-likeness (QED) is 0.749. The van der Waals surface area contributed by atoms with Gasteiger partial charge in [-0.3, -0.25) is 4.98 Å². The number of hydrogen-bond donors (Lipinski definition) is 0. The Morgan fingerprint density at radius 3 is 2.87 bits per heavy atom. The molecule has 0 saturated heterocycles. The van der Waals surface area contributed by atoms with Crippen molar-refractivity contribution in [3.05, 3.63) is 30.1 Å². The van der Waals surface area contributed by atoms with E-state index in [9.17, 15) is 0 Å². The lowest BCUT2D eigenvalue weighted by molar-refractivity contribution is 0.147. The van der Waals surface area contributed by atoms with Crippen molar-refractivity contribution in [3.63, 3.8) is 0 Å². The average molecular weight is 204 g/mol. The highest BCUT2D eigenvalue weighted by atomic mass is 15.1. The first-order chi connectivity index (χ1) is 7.24. The van der Waals surface area contributed by atoms with Crippen LogP contribution in [0.4, 0.5) is 0 Å². The molecule has 1 fully saturated rings. The standard InChI is InChI=1S/C13H20N2/c1-11-6-13(7-11)10-15(2)9-12-4-3-5-14-8-12/h3-5,8,11,13H,6-7,9-10H2,1-2H3. The molecule has 0 aliphatic heterocycles. The molecule has 1 aliphatic rings. The normalized spacial score (nSPS) is 25.3. The van der Waals surface area contributed by atoms with Crippen molar-refractivity contribution >= 4 is 0 Å². The van der Waals surface area contributed by atoms with Gasteiger partial charge >= 0.3 is 0 Å². The maximum Gasteiger partial charge on any atom is 0.0312 e. The summed E-state index contributed by atoms with van der Waals surface area (Å²) in [6.07, 6.45) is 6.62. The molecule has 0 radical (unpaired) electrons. The predicted molar refractivity (Wildman–Crippen MR) is 62.5 cm³/mol. The zero-order chi connectivity index (χ0) is 10.7. The molecule has 0 aromatic carbocycles. The number of aromatic nitrogens is 1. The minimum Gasteiger partial charge on any atom is -0.302 e. The molecule has 82 valence electrons. The van der Waals surface area contributed by atoms with Crippen molar-refractivity contribution in [2.45, 2.75) is 26.3 Å². The summed E-state index contributed by atoms with van der Waals surface area (Å²) in [6.45, 7) is 4.61. The van der Waals surface area contributed by atoms with Gasteiger partial charge in [0.1, 0.15) is 0 Å². The first-order valence-corrected chi connectivity index (χ1v) is 5.81. The number of nitrogens with zero attached hydrogens (tertiary/aromatic N) is 2. The van der Waals surface area contributed by atoms with E-state index in [0.717, 1.165) is 18.4 Å². The molecule has 15 heavy (non-hydrogen) atoms. The zero-order valence-corrected chi connectivity index (χ0v) is 9.69. The van der Waals surface area contributed by atoms with Gasteiger partial charge in [0.15, 0.2) is 0 Å². The molecule has 2 nitrogen and oxygen atoms in total. The Bertz CT molecular complexity index is 291. The summed E-state index contributed by atoms with van der Waals surface area (Å²) in [5, 5.41) is 0. The van der Waals surface area contributed by atoms with Gasteiger partial charge in [-0.25, -0.2) is 0 Å². The number of rotatable bonds is 4. The lowest BCUT2D eigenvalue weighted by atomic mass is 9.76. The molecule has 1 saturated carbocycles. The Balaban J connectivity index is 1.75. The molecule has 0 bridgehead atoms. The van der Waals surface area contributed by atoms with Crippen LogP contribution in [0.25, 0.3) is 0 Å². The van der Waals surface area contributed by atoms with Crippen LogP contribution in [0.5, 0.6) is 0 Å². The highest BCUT2D eigenvalue weighted by Crippen LogP contribution is 2.33. The topological polar surface area (TPSA) is 16.1 Å². The second-order valence-corrected chi connectivity index (χ2v) is 5.00. The molecule has 0 unspecified atom stereocenters. The fourth-order valence-electron chi connectivity index (χ4n) is 2.53. The lowest BCUT2D eigenvalue weighted by Gasteiger charge is -2.35. The van der Waals surface area contributed by atoms with Crippen molar-refractivity contribution in [2.24, 2.45) is 11.8 Å². The van der Waals surface area contributed by atoms with Gasteiger partial charge in [-0.05, 0) is 43.4 Å². The van der Waals surface area contributed by atoms with Crippen LogP contribution < -0.4 is 0 Å². The first-order valence-electron chi connectivity index (χ1n) is 5.81. The molecule has 1 aliphatic carbocycles. The predicted octanol–water partition coefficient (Wildman–Crippen LogP) is 2.56. The summed E-state index contributed by atoms with van der Waals surface area (Å²) in [5.74, 6) is 1.89. The first kappa shape index (κ1) is 10.6. The van der Waals surface area contributed by atoms with Gasteiger partial charge < -0.3 is 4.90 Å². The number of pyridine rings is 1. The van der Waals surface area contributed by atoms with Gasteiger partial charge in [0.05, 0.1) is 0 Å². The van der Waals surface area contributed by atoms with E-state index in [-0.39, 0.29) is 0 Å². The molecular weight excluding hydrogens is 184 g/mol. The molecule has 0 N–H and O–H groups in total. The zero-order valence-electron chi connectivity index (χ0n) is 9.69. The van der Waals surface area contributed by atoms with Gasteiger partial charge in [0.25, 0.3) is 0 Å². The Morgan fingerprint density at radius 1 is 1.47 bits per heavy atom. The van der Waals surface area contributed by atoms with E-state index in [1.165, 1.54) is 24.9 Å². The monoisotopic (exact) mass is 204 g/mol. The van der Waals surface area contributed by atoms with E-state index in [0.29, 0.717) is 0 Å². The van der Waals surface area contributed by atoms with E-state index >= 15 is 0 Å². The van der Waals surface area contributed by atoms with Crippen LogP contribution >= 0.6 is 0 Å². The minimum atomic E-state index is 0.932. The molecule has 1 heterocycles. The maximum atomic E-state index is 4.14. The van der Waals surface area contributed by atoms with Crippen molar-refractivity contribution in [2.75, 3.05) is 13.6 Å². The molecule has 0 atom stereocenters. The molecule has 1 aromatic heterocycles. The van der Waals surface area contributed by atoms with E-state index < -0.39 is 0 Å². The summed E-state index contributed by atoms with van der Waals surface area (Å²) in [7, 11) is 2.20. The molecule has 2 heteroatoms. The van der Waals surface area contributed by atoms with E-state index in [4.69, 9.17) is 0 Å². The minimum absolute atomic E-state index is 0.932. The Labute approximate surface area is 92.3 Å². The molecule has 2 rings (SSSR count). The molecule has 0 spiro atoms. The summed E-state index contributed by atoms with van der Waals surface area (Å²) in [5.41, 5.74) is 1.31. The van der Waals surface area contributed by atoms with Gasteiger partial charge in [0, 0.05) is 25.5 Å². The molecular formula is C13H20N2. The van der Waals surface area contributed by atoms with Gasteiger partial charge in [-0.1, -0.05) is 13.0 Å². The van der Waals surface area contributed by atoms with Crippen LogP contribution in [0.15, 0.2) is 24.5 Å².